The smallest absolute Gasteiger partial charge is 0.308 e. The first-order valence-electron chi connectivity index (χ1n) is 9.90. The van der Waals surface area contributed by atoms with Crippen molar-refractivity contribution in [1.29, 1.82) is 0 Å². The standard InChI is InChI=1S/C24H28O3/c1-3-18(2)24(25)27-16-10-4-9-15-26-23-17-19-11-5-6-12-20(19)21-13-7-8-14-22(21)23/h5-8,11-14,17-18H,3-4,9-10,15-16H2,1-2H3. The highest BCUT2D eigenvalue weighted by Crippen LogP contribution is 2.33. The van der Waals surface area contributed by atoms with Gasteiger partial charge in [-0.2, -0.15) is 0 Å². The number of carbonyl (C=O) groups is 1. The van der Waals surface area contributed by atoms with Crippen LogP contribution in [0, 0.1) is 5.92 Å². The van der Waals surface area contributed by atoms with E-state index in [4.69, 9.17) is 9.47 Å². The Morgan fingerprint density at radius 3 is 2.33 bits per heavy atom. The molecule has 0 aliphatic carbocycles. The van der Waals surface area contributed by atoms with E-state index < -0.39 is 0 Å². The van der Waals surface area contributed by atoms with Crippen molar-refractivity contribution in [3.8, 4) is 5.75 Å². The average molecular weight is 364 g/mol. The third kappa shape index (κ3) is 4.79. The van der Waals surface area contributed by atoms with Crippen molar-refractivity contribution in [3.05, 3.63) is 54.6 Å². The molecule has 0 saturated heterocycles. The fraction of sp³-hybridized carbons (Fsp3) is 0.375. The minimum atomic E-state index is -0.0867. The molecule has 0 fully saturated rings. The van der Waals surface area contributed by atoms with Crippen LogP contribution in [-0.2, 0) is 9.53 Å². The second-order valence-electron chi connectivity index (χ2n) is 7.03. The van der Waals surface area contributed by atoms with Crippen LogP contribution < -0.4 is 4.74 Å². The van der Waals surface area contributed by atoms with E-state index in [-0.39, 0.29) is 11.9 Å². The Morgan fingerprint density at radius 1 is 0.889 bits per heavy atom. The summed E-state index contributed by atoms with van der Waals surface area (Å²) in [6.07, 6.45) is 3.64. The molecule has 0 amide bonds. The fourth-order valence-corrected chi connectivity index (χ4v) is 3.18. The van der Waals surface area contributed by atoms with Crippen LogP contribution in [0.2, 0.25) is 0 Å². The van der Waals surface area contributed by atoms with Gasteiger partial charge in [0.25, 0.3) is 0 Å². The second-order valence-corrected chi connectivity index (χ2v) is 7.03. The van der Waals surface area contributed by atoms with E-state index in [1.165, 1.54) is 16.2 Å². The zero-order chi connectivity index (χ0) is 19.1. The van der Waals surface area contributed by atoms with E-state index in [1.807, 2.05) is 13.8 Å². The Kier molecular flexibility index (Phi) is 6.69. The minimum absolute atomic E-state index is 0.00508. The molecule has 0 bridgehead atoms. The molecule has 3 nitrogen and oxygen atoms in total. The summed E-state index contributed by atoms with van der Waals surface area (Å²) in [5.41, 5.74) is 0. The first-order valence-corrected chi connectivity index (χ1v) is 9.90. The summed E-state index contributed by atoms with van der Waals surface area (Å²) < 4.78 is 11.4. The molecule has 3 aromatic rings. The van der Waals surface area contributed by atoms with Crippen molar-refractivity contribution in [2.24, 2.45) is 5.92 Å². The van der Waals surface area contributed by atoms with Gasteiger partial charge < -0.3 is 9.47 Å². The van der Waals surface area contributed by atoms with Crippen molar-refractivity contribution < 1.29 is 14.3 Å². The van der Waals surface area contributed by atoms with Crippen molar-refractivity contribution in [2.75, 3.05) is 13.2 Å². The van der Waals surface area contributed by atoms with E-state index in [0.717, 1.165) is 36.8 Å². The molecule has 142 valence electrons. The first kappa shape index (κ1) is 19.2. The zero-order valence-electron chi connectivity index (χ0n) is 16.2. The Bertz CT molecular complexity index is 900. The molecular weight excluding hydrogens is 336 g/mol. The monoisotopic (exact) mass is 364 g/mol. The molecule has 0 aromatic heterocycles. The molecule has 0 N–H and O–H groups in total. The summed E-state index contributed by atoms with van der Waals surface area (Å²) in [5.74, 6) is 0.846. The summed E-state index contributed by atoms with van der Waals surface area (Å²) in [4.78, 5) is 11.6. The van der Waals surface area contributed by atoms with Gasteiger partial charge in [-0.05, 0) is 47.9 Å². The largest absolute Gasteiger partial charge is 0.493 e. The number of hydrogen-bond acceptors (Lipinski definition) is 3. The van der Waals surface area contributed by atoms with E-state index in [0.29, 0.717) is 13.2 Å². The highest BCUT2D eigenvalue weighted by molar-refractivity contribution is 6.10. The predicted octanol–water partition coefficient (Wildman–Crippen LogP) is 6.13. The number of hydrogen-bond donors (Lipinski definition) is 0. The average Bonchev–Trinajstić information content (AvgIpc) is 2.72. The van der Waals surface area contributed by atoms with Crippen LogP contribution in [0.3, 0.4) is 0 Å². The van der Waals surface area contributed by atoms with Crippen LogP contribution in [0.1, 0.15) is 39.5 Å². The predicted molar refractivity (Wildman–Crippen MR) is 111 cm³/mol. The van der Waals surface area contributed by atoms with Crippen molar-refractivity contribution in [2.45, 2.75) is 39.5 Å². The van der Waals surface area contributed by atoms with E-state index in [9.17, 15) is 4.79 Å². The van der Waals surface area contributed by atoms with Crippen LogP contribution in [0.5, 0.6) is 5.75 Å². The summed E-state index contributed by atoms with van der Waals surface area (Å²) in [5, 5.41) is 4.83. The second kappa shape index (κ2) is 9.40. The molecule has 3 rings (SSSR count). The van der Waals surface area contributed by atoms with Crippen molar-refractivity contribution in [3.63, 3.8) is 0 Å². The van der Waals surface area contributed by atoms with Gasteiger partial charge in [0.15, 0.2) is 0 Å². The molecule has 0 spiro atoms. The number of ether oxygens (including phenoxy) is 2. The summed E-state index contributed by atoms with van der Waals surface area (Å²) >= 11 is 0. The maximum Gasteiger partial charge on any atom is 0.308 e. The molecule has 0 radical (unpaired) electrons. The summed E-state index contributed by atoms with van der Waals surface area (Å²) in [7, 11) is 0. The van der Waals surface area contributed by atoms with Gasteiger partial charge in [0, 0.05) is 5.39 Å². The lowest BCUT2D eigenvalue weighted by Crippen LogP contribution is -2.14. The van der Waals surface area contributed by atoms with Crippen LogP contribution in [0.25, 0.3) is 21.5 Å². The van der Waals surface area contributed by atoms with Crippen LogP contribution in [0.15, 0.2) is 54.6 Å². The van der Waals surface area contributed by atoms with Gasteiger partial charge >= 0.3 is 5.97 Å². The van der Waals surface area contributed by atoms with Gasteiger partial charge in [0.05, 0.1) is 19.1 Å². The van der Waals surface area contributed by atoms with Gasteiger partial charge in [0.1, 0.15) is 5.75 Å². The SMILES string of the molecule is CCC(C)C(=O)OCCCCCOc1cc2ccccc2c2ccccc12. The van der Waals surface area contributed by atoms with Gasteiger partial charge in [-0.25, -0.2) is 0 Å². The lowest BCUT2D eigenvalue weighted by atomic mass is 10.0. The Balaban J connectivity index is 1.52. The van der Waals surface area contributed by atoms with Crippen LogP contribution >= 0.6 is 0 Å². The molecule has 3 aromatic carbocycles. The quantitative estimate of drug-likeness (QED) is 0.260. The highest BCUT2D eigenvalue weighted by atomic mass is 16.5. The molecule has 0 aliphatic heterocycles. The molecule has 1 atom stereocenters. The number of benzene rings is 3. The molecule has 0 heterocycles. The summed E-state index contributed by atoms with van der Waals surface area (Å²) in [6.45, 7) is 5.08. The van der Waals surface area contributed by atoms with E-state index in [2.05, 4.69) is 54.6 Å². The Labute approximate surface area is 161 Å². The highest BCUT2D eigenvalue weighted by Gasteiger charge is 2.11. The number of carbonyl (C=O) groups excluding carboxylic acids is 1. The van der Waals surface area contributed by atoms with E-state index >= 15 is 0 Å². The summed E-state index contributed by atoms with van der Waals surface area (Å²) in [6, 6.07) is 18.9. The van der Waals surface area contributed by atoms with Crippen LogP contribution in [0.4, 0.5) is 0 Å². The maximum atomic E-state index is 11.6. The van der Waals surface area contributed by atoms with Crippen molar-refractivity contribution in [1.82, 2.24) is 0 Å². The molecule has 0 aliphatic rings. The third-order valence-electron chi connectivity index (χ3n) is 5.04. The topological polar surface area (TPSA) is 35.5 Å². The minimum Gasteiger partial charge on any atom is -0.493 e. The number of unbranched alkanes of at least 4 members (excludes halogenated alkanes) is 2. The number of esters is 1. The number of fused-ring (bicyclic) bond motifs is 3. The van der Waals surface area contributed by atoms with Gasteiger partial charge in [-0.15, -0.1) is 0 Å². The molecule has 1 unspecified atom stereocenters. The van der Waals surface area contributed by atoms with E-state index in [1.54, 1.807) is 0 Å². The van der Waals surface area contributed by atoms with Gasteiger partial charge in [-0.3, -0.25) is 4.79 Å². The normalized spacial score (nSPS) is 12.2. The molecule has 27 heavy (non-hydrogen) atoms. The lowest BCUT2D eigenvalue weighted by Gasteiger charge is -2.12. The first-order chi connectivity index (χ1) is 13.2. The fourth-order valence-electron chi connectivity index (χ4n) is 3.18. The van der Waals surface area contributed by atoms with Crippen LogP contribution in [-0.4, -0.2) is 19.2 Å². The molecule has 3 heteroatoms. The molecular formula is C24H28O3. The Hall–Kier alpha value is -2.55. The zero-order valence-corrected chi connectivity index (χ0v) is 16.2. The van der Waals surface area contributed by atoms with Gasteiger partial charge in [0.2, 0.25) is 0 Å². The van der Waals surface area contributed by atoms with Crippen molar-refractivity contribution >= 4 is 27.5 Å². The molecule has 0 saturated carbocycles. The van der Waals surface area contributed by atoms with Gasteiger partial charge in [-0.1, -0.05) is 62.4 Å². The lowest BCUT2D eigenvalue weighted by molar-refractivity contribution is -0.148. The third-order valence-corrected chi connectivity index (χ3v) is 5.04. The maximum absolute atomic E-state index is 11.6. The number of rotatable bonds is 9. The Morgan fingerprint density at radius 2 is 1.56 bits per heavy atom.